The number of nitrogens with two attached hydrogens (primary N) is 1. The molecule has 0 spiro atoms. The molecule has 2 aromatic carbocycles. The summed E-state index contributed by atoms with van der Waals surface area (Å²) in [5, 5.41) is 28.6. The Balaban J connectivity index is 2.26. The van der Waals surface area contributed by atoms with Crippen LogP contribution in [-0.4, -0.2) is 39.4 Å². The maximum Gasteiger partial charge on any atom is 0.338 e. The Morgan fingerprint density at radius 3 is 2.18 bits per heavy atom. The lowest BCUT2D eigenvalue weighted by Crippen LogP contribution is -2.42. The van der Waals surface area contributed by atoms with Gasteiger partial charge in [-0.05, 0) is 48.9 Å². The molecule has 0 aliphatic rings. The number of carboxylic acid groups (broad SMARTS) is 1. The third kappa shape index (κ3) is 4.77. The van der Waals surface area contributed by atoms with E-state index in [1.807, 2.05) is 0 Å². The largest absolute Gasteiger partial charge is 0.504 e. The second kappa shape index (κ2) is 8.71. The molecule has 0 amide bonds. The van der Waals surface area contributed by atoms with E-state index in [0.29, 0.717) is 5.56 Å². The fraction of sp³-hybridized carbons (Fsp3) is 0.300. The van der Waals surface area contributed by atoms with Crippen molar-refractivity contribution in [2.24, 2.45) is 11.7 Å². The summed E-state index contributed by atoms with van der Waals surface area (Å²) in [7, 11) is 0. The lowest BCUT2D eigenvalue weighted by atomic mass is 9.79. The predicted molar refractivity (Wildman–Crippen MR) is 98.6 cm³/mol. The number of hydrogen-bond donors (Lipinski definition) is 4. The molecule has 28 heavy (non-hydrogen) atoms. The Morgan fingerprint density at radius 1 is 1.04 bits per heavy atom. The molecule has 8 heteroatoms. The number of carbonyl (C=O) groups excluding carboxylic acids is 1. The summed E-state index contributed by atoms with van der Waals surface area (Å²) in [5.74, 6) is -4.58. The number of esters is 1. The van der Waals surface area contributed by atoms with E-state index in [9.17, 15) is 29.3 Å². The number of aliphatic carboxylic acids is 1. The van der Waals surface area contributed by atoms with Gasteiger partial charge in [0.1, 0.15) is 18.0 Å². The van der Waals surface area contributed by atoms with Crippen LogP contribution in [0.3, 0.4) is 0 Å². The first kappa shape index (κ1) is 21.2. The number of aromatic hydroxyl groups is 2. The van der Waals surface area contributed by atoms with E-state index in [1.54, 1.807) is 13.8 Å². The zero-order valence-electron chi connectivity index (χ0n) is 15.4. The first-order valence-electron chi connectivity index (χ1n) is 8.58. The fourth-order valence-electron chi connectivity index (χ4n) is 2.96. The summed E-state index contributed by atoms with van der Waals surface area (Å²) in [6.07, 6.45) is -0.746. The van der Waals surface area contributed by atoms with Gasteiger partial charge >= 0.3 is 11.9 Å². The van der Waals surface area contributed by atoms with Crippen LogP contribution in [-0.2, 0) is 9.53 Å². The molecular formula is C20H22FNO6. The number of halogens is 1. The molecule has 0 aromatic heterocycles. The molecule has 0 aliphatic heterocycles. The molecule has 2 aromatic rings. The summed E-state index contributed by atoms with van der Waals surface area (Å²) in [6, 6.07) is 7.40. The topological polar surface area (TPSA) is 130 Å². The monoisotopic (exact) mass is 391 g/mol. The molecular weight excluding hydrogens is 369 g/mol. The van der Waals surface area contributed by atoms with Gasteiger partial charge < -0.3 is 25.8 Å². The van der Waals surface area contributed by atoms with Gasteiger partial charge in [-0.25, -0.2) is 9.18 Å². The van der Waals surface area contributed by atoms with E-state index in [4.69, 9.17) is 10.5 Å². The number of benzene rings is 2. The van der Waals surface area contributed by atoms with Crippen molar-refractivity contribution in [2.45, 2.75) is 31.9 Å². The number of phenols is 2. The van der Waals surface area contributed by atoms with E-state index in [2.05, 4.69) is 0 Å². The minimum Gasteiger partial charge on any atom is -0.504 e. The number of hydrogen-bond acceptors (Lipinski definition) is 6. The summed E-state index contributed by atoms with van der Waals surface area (Å²) in [5.41, 5.74) is 6.38. The van der Waals surface area contributed by atoms with Crippen LogP contribution >= 0.6 is 0 Å². The third-order valence-electron chi connectivity index (χ3n) is 4.74. The Hall–Kier alpha value is -3.13. The predicted octanol–water partition coefficient (Wildman–Crippen LogP) is 2.61. The summed E-state index contributed by atoms with van der Waals surface area (Å²) < 4.78 is 18.4. The Bertz CT molecular complexity index is 854. The number of carboxylic acids is 1. The Kier molecular flexibility index (Phi) is 6.58. The van der Waals surface area contributed by atoms with Crippen molar-refractivity contribution in [1.29, 1.82) is 0 Å². The molecule has 4 atom stereocenters. The molecule has 0 radical (unpaired) electrons. The lowest BCUT2D eigenvalue weighted by molar-refractivity contribution is -0.139. The zero-order chi connectivity index (χ0) is 21.0. The second-order valence-corrected chi connectivity index (χ2v) is 6.61. The maximum absolute atomic E-state index is 13.0. The van der Waals surface area contributed by atoms with Gasteiger partial charge in [-0.15, -0.1) is 0 Å². The van der Waals surface area contributed by atoms with Crippen LogP contribution < -0.4 is 5.73 Å². The van der Waals surface area contributed by atoms with E-state index in [1.165, 1.54) is 30.3 Å². The molecule has 5 N–H and O–H groups in total. The molecule has 0 bridgehead atoms. The highest BCUT2D eigenvalue weighted by atomic mass is 19.1. The van der Waals surface area contributed by atoms with Crippen molar-refractivity contribution in [3.63, 3.8) is 0 Å². The van der Waals surface area contributed by atoms with Gasteiger partial charge in [-0.2, -0.15) is 0 Å². The summed E-state index contributed by atoms with van der Waals surface area (Å²) in [4.78, 5) is 23.8. The average molecular weight is 391 g/mol. The first-order valence-corrected chi connectivity index (χ1v) is 8.58. The van der Waals surface area contributed by atoms with Gasteiger partial charge in [0.2, 0.25) is 0 Å². The van der Waals surface area contributed by atoms with Crippen molar-refractivity contribution in [1.82, 2.24) is 0 Å². The zero-order valence-corrected chi connectivity index (χ0v) is 15.4. The fourth-order valence-corrected chi connectivity index (χ4v) is 2.96. The first-order chi connectivity index (χ1) is 13.1. The molecule has 0 saturated carbocycles. The highest BCUT2D eigenvalue weighted by Crippen LogP contribution is 2.35. The SMILES string of the molecule is CC(OC(=O)c1ccc(F)cc1)C(C)C(c1ccc(O)c(O)c1)[C@@H](N)C(=O)O. The Labute approximate surface area is 161 Å². The molecule has 0 aliphatic carbocycles. The third-order valence-corrected chi connectivity index (χ3v) is 4.74. The van der Waals surface area contributed by atoms with Crippen molar-refractivity contribution < 1.29 is 34.0 Å². The quantitative estimate of drug-likeness (QED) is 0.422. The summed E-state index contributed by atoms with van der Waals surface area (Å²) in [6.45, 7) is 3.26. The van der Waals surface area contributed by atoms with Gasteiger partial charge in [-0.1, -0.05) is 13.0 Å². The molecule has 3 unspecified atom stereocenters. The number of rotatable bonds is 7. The molecule has 7 nitrogen and oxygen atoms in total. The molecule has 150 valence electrons. The van der Waals surface area contributed by atoms with Gasteiger partial charge in [0, 0.05) is 11.8 Å². The molecule has 0 fully saturated rings. The molecule has 0 heterocycles. The van der Waals surface area contributed by atoms with Crippen molar-refractivity contribution in [2.75, 3.05) is 0 Å². The van der Waals surface area contributed by atoms with Crippen LogP contribution in [0.4, 0.5) is 4.39 Å². The second-order valence-electron chi connectivity index (χ2n) is 6.61. The van der Waals surface area contributed by atoms with Crippen LogP contribution in [0.2, 0.25) is 0 Å². The minimum absolute atomic E-state index is 0.154. The standard InChI is InChI=1S/C20H22FNO6/c1-10(11(2)28-20(27)12-3-6-14(21)7-4-12)17(18(22)19(25)26)13-5-8-15(23)16(24)9-13/h3-11,17-18,23-24H,22H2,1-2H3,(H,25,26)/t10?,11?,17?,18-/m1/s1. The van der Waals surface area contributed by atoms with Crippen molar-refractivity contribution >= 4 is 11.9 Å². The van der Waals surface area contributed by atoms with Crippen LogP contribution in [0.1, 0.15) is 35.7 Å². The molecule has 2 rings (SSSR count). The van der Waals surface area contributed by atoms with E-state index in [-0.39, 0.29) is 11.3 Å². The van der Waals surface area contributed by atoms with Gasteiger partial charge in [0.15, 0.2) is 11.5 Å². The van der Waals surface area contributed by atoms with Crippen LogP contribution in [0.15, 0.2) is 42.5 Å². The van der Waals surface area contributed by atoms with E-state index in [0.717, 1.165) is 12.1 Å². The Morgan fingerprint density at radius 2 is 1.64 bits per heavy atom. The number of carbonyl (C=O) groups is 2. The van der Waals surface area contributed by atoms with Gasteiger partial charge in [0.25, 0.3) is 0 Å². The maximum atomic E-state index is 13.0. The molecule has 0 saturated heterocycles. The van der Waals surface area contributed by atoms with Crippen LogP contribution in [0, 0.1) is 11.7 Å². The smallest absolute Gasteiger partial charge is 0.338 e. The van der Waals surface area contributed by atoms with E-state index >= 15 is 0 Å². The average Bonchev–Trinajstić information content (AvgIpc) is 2.64. The van der Waals surface area contributed by atoms with Crippen LogP contribution in [0.25, 0.3) is 0 Å². The highest BCUT2D eigenvalue weighted by Gasteiger charge is 2.35. The minimum atomic E-state index is -1.34. The van der Waals surface area contributed by atoms with Crippen molar-refractivity contribution in [3.8, 4) is 11.5 Å². The summed E-state index contributed by atoms with van der Waals surface area (Å²) >= 11 is 0. The van der Waals surface area contributed by atoms with Crippen molar-refractivity contribution in [3.05, 3.63) is 59.4 Å². The van der Waals surface area contributed by atoms with Gasteiger partial charge in [0.05, 0.1) is 5.56 Å². The lowest BCUT2D eigenvalue weighted by Gasteiger charge is -2.31. The highest BCUT2D eigenvalue weighted by molar-refractivity contribution is 5.89. The number of ether oxygens (including phenoxy) is 1. The van der Waals surface area contributed by atoms with Gasteiger partial charge in [-0.3, -0.25) is 4.79 Å². The van der Waals surface area contributed by atoms with Crippen LogP contribution in [0.5, 0.6) is 11.5 Å². The number of phenolic OH excluding ortho intramolecular Hbond substituents is 2. The van der Waals surface area contributed by atoms with E-state index < -0.39 is 47.5 Å². The normalized spacial score (nSPS) is 15.3.